The van der Waals surface area contributed by atoms with Gasteiger partial charge in [0.2, 0.25) is 0 Å². The van der Waals surface area contributed by atoms with Gasteiger partial charge in [-0.05, 0) is 18.2 Å². The fourth-order valence-electron chi connectivity index (χ4n) is 2.23. The van der Waals surface area contributed by atoms with Crippen molar-refractivity contribution in [2.24, 2.45) is 0 Å². The fraction of sp³-hybridized carbons (Fsp3) is 0.250. The van der Waals surface area contributed by atoms with Crippen molar-refractivity contribution in [2.45, 2.75) is 17.8 Å². The molecule has 0 aliphatic rings. The van der Waals surface area contributed by atoms with Crippen LogP contribution in [-0.4, -0.2) is 53.3 Å². The maximum Gasteiger partial charge on any atom is 0.573 e. The summed E-state index contributed by atoms with van der Waals surface area (Å²) in [4.78, 5) is 15.3. The largest absolute Gasteiger partial charge is 0.573 e. The molecule has 1 aromatic carbocycles. The number of carbonyl (C=O) groups is 1. The predicted molar refractivity (Wildman–Crippen MR) is 103 cm³/mol. The second-order valence-corrected chi connectivity index (χ2v) is 7.03. The van der Waals surface area contributed by atoms with Gasteiger partial charge in [-0.25, -0.2) is 9.78 Å². The quantitative estimate of drug-likeness (QED) is 0.380. The second kappa shape index (κ2) is 8.63. The van der Waals surface area contributed by atoms with Crippen LogP contribution >= 0.6 is 0 Å². The van der Waals surface area contributed by atoms with Crippen molar-refractivity contribution in [3.05, 3.63) is 41.7 Å². The molecular formula is C16H14B3F6NO5. The molecule has 0 aliphatic carbocycles. The standard InChI is InChI=1S/C16H14B3F6NO5/c1-28-13(27)12-11(4-7(6-26-12)14(20,21)22)29-9-3-2-8(30-16(23,24)25)5-10(9)31-15(17,18)19/h2-6H,17-19H2,1H3. The van der Waals surface area contributed by atoms with E-state index in [4.69, 9.17) is 9.47 Å². The molecule has 1 aromatic heterocycles. The lowest BCUT2D eigenvalue weighted by molar-refractivity contribution is -0.274. The number of hydrogen-bond acceptors (Lipinski definition) is 6. The van der Waals surface area contributed by atoms with Gasteiger partial charge in [0.05, 0.1) is 12.7 Å². The number of alkyl halides is 6. The molecular weight excluding hydrogens is 433 g/mol. The van der Waals surface area contributed by atoms with Crippen LogP contribution in [0.15, 0.2) is 30.5 Å². The lowest BCUT2D eigenvalue weighted by Gasteiger charge is -2.24. The number of ether oxygens (including phenoxy) is 4. The Kier molecular flexibility index (Phi) is 6.76. The zero-order valence-corrected chi connectivity index (χ0v) is 16.6. The second-order valence-electron chi connectivity index (χ2n) is 7.03. The van der Waals surface area contributed by atoms with Crippen LogP contribution in [-0.2, 0) is 10.9 Å². The number of rotatable bonds is 6. The Morgan fingerprint density at radius 3 is 2.10 bits per heavy atom. The Morgan fingerprint density at radius 2 is 1.58 bits per heavy atom. The zero-order chi connectivity index (χ0) is 23.6. The molecule has 0 aliphatic heterocycles. The lowest BCUT2D eigenvalue weighted by Crippen LogP contribution is -2.37. The highest BCUT2D eigenvalue weighted by Crippen LogP contribution is 2.40. The molecule has 1 heterocycles. The molecule has 0 radical (unpaired) electrons. The molecule has 0 unspecified atom stereocenters. The first-order chi connectivity index (χ1) is 14.1. The molecule has 2 aromatic rings. The molecule has 0 spiro atoms. The fourth-order valence-corrected chi connectivity index (χ4v) is 2.23. The topological polar surface area (TPSA) is 66.9 Å². The number of nitrogens with zero attached hydrogens (tertiary/aromatic N) is 1. The van der Waals surface area contributed by atoms with Crippen molar-refractivity contribution in [3.8, 4) is 23.0 Å². The summed E-state index contributed by atoms with van der Waals surface area (Å²) in [5.41, 5.74) is -1.79. The highest BCUT2D eigenvalue weighted by molar-refractivity contribution is 6.58. The van der Waals surface area contributed by atoms with Crippen LogP contribution in [0.3, 0.4) is 0 Å². The first-order valence-electron chi connectivity index (χ1n) is 8.51. The van der Waals surface area contributed by atoms with Crippen molar-refractivity contribution in [1.29, 1.82) is 0 Å². The maximum atomic E-state index is 13.1. The summed E-state index contributed by atoms with van der Waals surface area (Å²) in [6, 6.07) is 3.23. The molecule has 6 nitrogen and oxygen atoms in total. The van der Waals surface area contributed by atoms with E-state index in [0.29, 0.717) is 12.3 Å². The van der Waals surface area contributed by atoms with E-state index in [0.717, 1.165) is 25.3 Å². The van der Waals surface area contributed by atoms with Crippen LogP contribution in [0.4, 0.5) is 26.3 Å². The van der Waals surface area contributed by atoms with E-state index in [1.165, 1.54) is 0 Å². The molecule has 31 heavy (non-hydrogen) atoms. The normalized spacial score (nSPS) is 12.2. The number of esters is 1. The van der Waals surface area contributed by atoms with Crippen LogP contribution in [0.5, 0.6) is 23.0 Å². The van der Waals surface area contributed by atoms with Crippen molar-refractivity contribution in [2.75, 3.05) is 7.11 Å². The molecule has 0 fully saturated rings. The Hall–Kier alpha value is -2.99. The van der Waals surface area contributed by atoms with Gasteiger partial charge in [-0.1, -0.05) is 0 Å². The van der Waals surface area contributed by atoms with Gasteiger partial charge in [0.1, 0.15) is 29.3 Å². The Bertz CT molecular complexity index is 962. The van der Waals surface area contributed by atoms with E-state index in [9.17, 15) is 31.1 Å². The van der Waals surface area contributed by atoms with Gasteiger partial charge >= 0.3 is 18.5 Å². The predicted octanol–water partition coefficient (Wildman–Crippen LogP) is 1.47. The van der Waals surface area contributed by atoms with Crippen molar-refractivity contribution in [1.82, 2.24) is 4.98 Å². The van der Waals surface area contributed by atoms with E-state index >= 15 is 0 Å². The number of aromatic nitrogens is 1. The molecule has 0 N–H and O–H groups in total. The van der Waals surface area contributed by atoms with Gasteiger partial charge in [0, 0.05) is 17.6 Å². The van der Waals surface area contributed by atoms with Crippen LogP contribution in [0.25, 0.3) is 0 Å². The number of halogens is 6. The van der Waals surface area contributed by atoms with E-state index < -0.39 is 46.6 Å². The summed E-state index contributed by atoms with van der Waals surface area (Å²) in [5.74, 6) is -2.92. The molecule has 0 amide bonds. The number of benzene rings is 1. The van der Waals surface area contributed by atoms with E-state index in [2.05, 4.69) is 14.5 Å². The third kappa shape index (κ3) is 7.04. The highest BCUT2D eigenvalue weighted by Gasteiger charge is 2.34. The lowest BCUT2D eigenvalue weighted by atomic mass is 9.52. The van der Waals surface area contributed by atoms with Gasteiger partial charge in [-0.3, -0.25) is 0 Å². The Balaban J connectivity index is 2.56. The van der Waals surface area contributed by atoms with Crippen LogP contribution in [0.1, 0.15) is 16.1 Å². The number of hydrogen-bond donors (Lipinski definition) is 0. The summed E-state index contributed by atoms with van der Waals surface area (Å²) < 4.78 is 96.1. The van der Waals surface area contributed by atoms with E-state index in [1.807, 2.05) is 0 Å². The van der Waals surface area contributed by atoms with Gasteiger partial charge in [-0.2, -0.15) is 13.2 Å². The van der Waals surface area contributed by atoms with E-state index in [1.54, 1.807) is 23.5 Å². The molecule has 0 saturated carbocycles. The minimum absolute atomic E-state index is 0.275. The first-order valence-corrected chi connectivity index (χ1v) is 8.51. The van der Waals surface area contributed by atoms with Gasteiger partial charge in [-0.15, -0.1) is 13.2 Å². The first kappa shape index (κ1) is 24.3. The molecule has 2 rings (SSSR count). The highest BCUT2D eigenvalue weighted by atomic mass is 19.4. The molecule has 15 heteroatoms. The number of carbonyl (C=O) groups excluding carboxylic acids is 1. The summed E-state index contributed by atoms with van der Waals surface area (Å²) in [7, 11) is 5.74. The van der Waals surface area contributed by atoms with Crippen LogP contribution < -0.4 is 14.2 Å². The molecule has 164 valence electrons. The van der Waals surface area contributed by atoms with Gasteiger partial charge in [0.25, 0.3) is 0 Å². The monoisotopic (exact) mass is 447 g/mol. The summed E-state index contributed by atoms with van der Waals surface area (Å²) in [6.45, 7) is 0. The molecule has 0 saturated heterocycles. The smallest absolute Gasteiger partial charge is 0.510 e. The Morgan fingerprint density at radius 1 is 0.935 bits per heavy atom. The third-order valence-corrected chi connectivity index (χ3v) is 3.34. The van der Waals surface area contributed by atoms with E-state index in [-0.39, 0.29) is 11.5 Å². The average Bonchev–Trinajstić information content (AvgIpc) is 2.59. The third-order valence-electron chi connectivity index (χ3n) is 3.34. The van der Waals surface area contributed by atoms with Crippen molar-refractivity contribution < 1.29 is 50.1 Å². The van der Waals surface area contributed by atoms with Crippen LogP contribution in [0, 0.1) is 0 Å². The van der Waals surface area contributed by atoms with Crippen LogP contribution in [0.2, 0.25) is 0 Å². The summed E-state index contributed by atoms with van der Waals surface area (Å²) >= 11 is 0. The van der Waals surface area contributed by atoms with Gasteiger partial charge in [0.15, 0.2) is 22.9 Å². The Labute approximate surface area is 175 Å². The summed E-state index contributed by atoms with van der Waals surface area (Å²) in [6.07, 6.45) is -9.36. The van der Waals surface area contributed by atoms with Crippen molar-refractivity contribution in [3.63, 3.8) is 0 Å². The average molecular weight is 447 g/mol. The maximum absolute atomic E-state index is 13.1. The summed E-state index contributed by atoms with van der Waals surface area (Å²) in [5, 5.41) is -0.924. The molecule has 0 bridgehead atoms. The molecule has 0 atom stereocenters. The minimum atomic E-state index is -4.98. The van der Waals surface area contributed by atoms with Gasteiger partial charge < -0.3 is 18.9 Å². The van der Waals surface area contributed by atoms with Crippen molar-refractivity contribution >= 4 is 29.5 Å². The number of methoxy groups -OCH3 is 1. The zero-order valence-electron chi connectivity index (χ0n) is 16.6. The SMILES string of the molecule is BC(B)(B)Oc1cc(OC(F)(F)F)ccc1Oc1cc(C(F)(F)F)cnc1C(=O)OC. The number of pyridine rings is 1. The minimum Gasteiger partial charge on any atom is -0.510 e.